The number of aromatic nitrogens is 1. The van der Waals surface area contributed by atoms with Crippen LogP contribution in [0.1, 0.15) is 24.6 Å². The van der Waals surface area contributed by atoms with Crippen LogP contribution in [0.4, 0.5) is 5.13 Å². The van der Waals surface area contributed by atoms with Gasteiger partial charge in [0, 0.05) is 11.1 Å². The summed E-state index contributed by atoms with van der Waals surface area (Å²) in [5.74, 6) is 0.803. The molecule has 0 bridgehead atoms. The number of nitrogens with one attached hydrogen (secondary N) is 2. The molecule has 96 valence electrons. The summed E-state index contributed by atoms with van der Waals surface area (Å²) < 4.78 is 0. The molecule has 2 N–H and O–H groups in total. The van der Waals surface area contributed by atoms with Crippen molar-refractivity contribution in [1.29, 1.82) is 0 Å². The molecule has 1 heterocycles. The molecule has 0 unspecified atom stereocenters. The summed E-state index contributed by atoms with van der Waals surface area (Å²) >= 11 is 1.54. The number of halogens is 1. The Kier molecular flexibility index (Phi) is 5.88. The number of hydrogen-bond donors (Lipinski definition) is 2. The monoisotopic (exact) mass is 275 g/mol. The first kappa shape index (κ1) is 14.4. The van der Waals surface area contributed by atoms with Crippen molar-refractivity contribution in [2.24, 2.45) is 5.92 Å². The number of thiazole rings is 1. The van der Waals surface area contributed by atoms with Gasteiger partial charge in [0.1, 0.15) is 0 Å². The third-order valence-electron chi connectivity index (χ3n) is 2.56. The van der Waals surface area contributed by atoms with Crippen molar-refractivity contribution in [3.05, 3.63) is 11.1 Å². The minimum absolute atomic E-state index is 0. The van der Waals surface area contributed by atoms with Gasteiger partial charge in [0.2, 0.25) is 5.91 Å². The lowest BCUT2D eigenvalue weighted by molar-refractivity contribution is -0.115. The average molecular weight is 276 g/mol. The molecule has 0 spiro atoms. The molecule has 0 atom stereocenters. The number of nitrogens with zero attached hydrogens (tertiary/aromatic N) is 1. The molecule has 0 saturated heterocycles. The van der Waals surface area contributed by atoms with Crippen molar-refractivity contribution in [1.82, 2.24) is 10.3 Å². The summed E-state index contributed by atoms with van der Waals surface area (Å²) in [4.78, 5) is 16.8. The Morgan fingerprint density at radius 1 is 1.59 bits per heavy atom. The van der Waals surface area contributed by atoms with Crippen LogP contribution in [-0.2, 0) is 11.2 Å². The molecule has 1 aromatic heterocycles. The van der Waals surface area contributed by atoms with Crippen LogP contribution in [0, 0.1) is 5.92 Å². The van der Waals surface area contributed by atoms with Gasteiger partial charge < -0.3 is 10.6 Å². The second-order valence-corrected chi connectivity index (χ2v) is 5.22. The van der Waals surface area contributed by atoms with Gasteiger partial charge in [-0.1, -0.05) is 6.92 Å². The van der Waals surface area contributed by atoms with E-state index in [1.807, 2.05) is 6.20 Å². The van der Waals surface area contributed by atoms with Crippen molar-refractivity contribution >= 4 is 34.8 Å². The summed E-state index contributed by atoms with van der Waals surface area (Å²) in [7, 11) is 0. The maximum atomic E-state index is 11.5. The normalized spacial score (nSPS) is 14.2. The number of anilines is 1. The topological polar surface area (TPSA) is 54.0 Å². The summed E-state index contributed by atoms with van der Waals surface area (Å²) in [6.45, 7) is 3.43. The van der Waals surface area contributed by atoms with Gasteiger partial charge in [-0.15, -0.1) is 23.7 Å². The van der Waals surface area contributed by atoms with Crippen molar-refractivity contribution in [2.45, 2.75) is 26.2 Å². The Balaban J connectivity index is 0.00000144. The molecule has 1 aromatic rings. The van der Waals surface area contributed by atoms with Crippen LogP contribution in [0.5, 0.6) is 0 Å². The fourth-order valence-corrected chi connectivity index (χ4v) is 2.17. The zero-order valence-corrected chi connectivity index (χ0v) is 11.5. The van der Waals surface area contributed by atoms with Gasteiger partial charge in [0.15, 0.2) is 5.13 Å². The third-order valence-corrected chi connectivity index (χ3v) is 3.62. The number of carbonyl (C=O) groups is 1. The minimum atomic E-state index is -0.00217. The highest BCUT2D eigenvalue weighted by Gasteiger charge is 2.20. The fraction of sp³-hybridized carbons (Fsp3) is 0.636. The molecule has 1 fully saturated rings. The molecule has 6 heteroatoms. The maximum Gasteiger partial charge on any atom is 0.240 e. The average Bonchev–Trinajstić information content (AvgIpc) is 2.97. The van der Waals surface area contributed by atoms with E-state index in [4.69, 9.17) is 0 Å². The summed E-state index contributed by atoms with van der Waals surface area (Å²) in [6.07, 6.45) is 5.40. The van der Waals surface area contributed by atoms with E-state index in [0.717, 1.165) is 18.9 Å². The molecule has 0 aliphatic heterocycles. The van der Waals surface area contributed by atoms with Crippen LogP contribution in [0.3, 0.4) is 0 Å². The van der Waals surface area contributed by atoms with Gasteiger partial charge in [0.05, 0.1) is 6.54 Å². The van der Waals surface area contributed by atoms with E-state index >= 15 is 0 Å². The van der Waals surface area contributed by atoms with E-state index in [0.29, 0.717) is 11.7 Å². The number of amides is 1. The van der Waals surface area contributed by atoms with Gasteiger partial charge >= 0.3 is 0 Å². The van der Waals surface area contributed by atoms with Crippen molar-refractivity contribution in [3.8, 4) is 0 Å². The zero-order valence-electron chi connectivity index (χ0n) is 9.86. The smallest absolute Gasteiger partial charge is 0.240 e. The first-order valence-corrected chi connectivity index (χ1v) is 6.55. The second kappa shape index (κ2) is 6.93. The summed E-state index contributed by atoms with van der Waals surface area (Å²) in [5, 5.41) is 6.65. The molecule has 1 saturated carbocycles. The van der Waals surface area contributed by atoms with Crippen molar-refractivity contribution < 1.29 is 4.79 Å². The van der Waals surface area contributed by atoms with Gasteiger partial charge in [0.25, 0.3) is 0 Å². The lowest BCUT2D eigenvalue weighted by Gasteiger charge is -2.02. The van der Waals surface area contributed by atoms with Gasteiger partial charge in [-0.3, -0.25) is 4.79 Å². The second-order valence-electron chi connectivity index (χ2n) is 4.11. The standard InChI is InChI=1S/C11H17N3OS.ClH/c1-2-9-6-13-11(16-9)14-10(15)7-12-5-8-3-4-8;/h6,8,12H,2-5,7H2,1H3,(H,13,14,15);1H. The molecule has 2 rings (SSSR count). The summed E-state index contributed by atoms with van der Waals surface area (Å²) in [6, 6.07) is 0. The van der Waals surface area contributed by atoms with Crippen LogP contribution < -0.4 is 10.6 Å². The van der Waals surface area contributed by atoms with Crippen LogP contribution in [-0.4, -0.2) is 24.0 Å². The van der Waals surface area contributed by atoms with E-state index in [1.165, 1.54) is 17.7 Å². The molecule has 17 heavy (non-hydrogen) atoms. The van der Waals surface area contributed by atoms with E-state index in [-0.39, 0.29) is 18.3 Å². The molecular formula is C11H18ClN3OS. The Hall–Kier alpha value is -0.650. The highest BCUT2D eigenvalue weighted by molar-refractivity contribution is 7.15. The van der Waals surface area contributed by atoms with Crippen molar-refractivity contribution in [2.75, 3.05) is 18.4 Å². The first-order valence-electron chi connectivity index (χ1n) is 5.73. The van der Waals surface area contributed by atoms with Crippen molar-refractivity contribution in [3.63, 3.8) is 0 Å². The van der Waals surface area contributed by atoms with E-state index < -0.39 is 0 Å². The third kappa shape index (κ3) is 5.02. The Bertz CT molecular complexity index is 365. The predicted molar refractivity (Wildman–Crippen MR) is 73.0 cm³/mol. The van der Waals surface area contributed by atoms with Crippen LogP contribution >= 0.6 is 23.7 Å². The van der Waals surface area contributed by atoms with Crippen LogP contribution in [0.25, 0.3) is 0 Å². The van der Waals surface area contributed by atoms with Gasteiger partial charge in [-0.05, 0) is 31.7 Å². The van der Waals surface area contributed by atoms with E-state index in [9.17, 15) is 4.79 Å². The minimum Gasteiger partial charge on any atom is -0.308 e. The fourth-order valence-electron chi connectivity index (χ4n) is 1.40. The van der Waals surface area contributed by atoms with E-state index in [2.05, 4.69) is 22.5 Å². The molecule has 1 aliphatic rings. The SMILES string of the molecule is CCc1cnc(NC(=O)CNCC2CC2)s1.Cl. The van der Waals surface area contributed by atoms with Crippen LogP contribution in [0.2, 0.25) is 0 Å². The Morgan fingerprint density at radius 3 is 2.94 bits per heavy atom. The maximum absolute atomic E-state index is 11.5. The number of aryl methyl sites for hydroxylation is 1. The van der Waals surface area contributed by atoms with Gasteiger partial charge in [-0.2, -0.15) is 0 Å². The quantitative estimate of drug-likeness (QED) is 0.836. The molecule has 1 amide bonds. The lowest BCUT2D eigenvalue weighted by Crippen LogP contribution is -2.29. The highest BCUT2D eigenvalue weighted by Crippen LogP contribution is 2.27. The Labute approximate surface area is 112 Å². The highest BCUT2D eigenvalue weighted by atomic mass is 35.5. The van der Waals surface area contributed by atoms with Crippen LogP contribution in [0.15, 0.2) is 6.20 Å². The largest absolute Gasteiger partial charge is 0.308 e. The van der Waals surface area contributed by atoms with E-state index in [1.54, 1.807) is 11.3 Å². The zero-order chi connectivity index (χ0) is 11.4. The number of rotatable bonds is 6. The molecule has 1 aliphatic carbocycles. The predicted octanol–water partition coefficient (Wildman–Crippen LogP) is 2.07. The number of carbonyl (C=O) groups excluding carboxylic acids is 1. The number of hydrogen-bond acceptors (Lipinski definition) is 4. The van der Waals surface area contributed by atoms with Gasteiger partial charge in [-0.25, -0.2) is 4.98 Å². The first-order chi connectivity index (χ1) is 7.78. The Morgan fingerprint density at radius 2 is 2.35 bits per heavy atom. The molecular weight excluding hydrogens is 258 g/mol. The lowest BCUT2D eigenvalue weighted by atomic mass is 10.4. The molecule has 0 radical (unpaired) electrons. The molecule has 4 nitrogen and oxygen atoms in total. The summed E-state index contributed by atoms with van der Waals surface area (Å²) in [5.41, 5.74) is 0. The molecule has 0 aromatic carbocycles.